The molecule has 0 saturated carbocycles. The van der Waals surface area contributed by atoms with E-state index in [1.54, 1.807) is 12.4 Å². The van der Waals surface area contributed by atoms with Gasteiger partial charge in [0.25, 0.3) is 0 Å². The molecular weight excluding hydrogens is 374 g/mol. The molecule has 0 bridgehead atoms. The van der Waals surface area contributed by atoms with E-state index >= 15 is 0 Å². The summed E-state index contributed by atoms with van der Waals surface area (Å²) in [6.07, 6.45) is 10.7. The summed E-state index contributed by atoms with van der Waals surface area (Å²) in [5.41, 5.74) is 4.27. The van der Waals surface area contributed by atoms with Crippen LogP contribution < -0.4 is 16.0 Å². The van der Waals surface area contributed by atoms with Crippen LogP contribution in [0.4, 0.5) is 0 Å². The normalized spacial score (nSPS) is 20.3. The second-order valence-electron chi connectivity index (χ2n) is 7.70. The Morgan fingerprint density at radius 1 is 1.17 bits per heavy atom. The lowest BCUT2D eigenvalue weighted by atomic mass is 10.0. The quantitative estimate of drug-likeness (QED) is 0.400. The van der Waals surface area contributed by atoms with Gasteiger partial charge in [0, 0.05) is 32.0 Å². The Bertz CT molecular complexity index is 621. The summed E-state index contributed by atoms with van der Waals surface area (Å²) in [6.45, 7) is 18.3. The van der Waals surface area contributed by atoms with Crippen molar-refractivity contribution < 1.29 is 0 Å². The van der Waals surface area contributed by atoms with Gasteiger partial charge in [-0.3, -0.25) is 15.0 Å². The zero-order chi connectivity index (χ0) is 22.0. The predicted octanol–water partition coefficient (Wildman–Crippen LogP) is 2.75. The number of piperidine rings is 2. The van der Waals surface area contributed by atoms with Crippen LogP contribution in [0, 0.1) is 0 Å². The van der Waals surface area contributed by atoms with Crippen molar-refractivity contribution >= 4 is 19.1 Å². The molecule has 0 aromatic heterocycles. The van der Waals surface area contributed by atoms with Gasteiger partial charge in [-0.05, 0) is 84.9 Å². The molecule has 0 aromatic rings. The van der Waals surface area contributed by atoms with E-state index in [9.17, 15) is 0 Å². The molecule has 168 valence electrons. The first-order chi connectivity index (χ1) is 14.6. The molecule has 0 atom stereocenters. The molecule has 2 aliphatic heterocycles. The van der Waals surface area contributed by atoms with Crippen LogP contribution in [0.25, 0.3) is 0 Å². The van der Waals surface area contributed by atoms with Crippen LogP contribution in [0.1, 0.15) is 39.5 Å². The number of hydrogen-bond acceptors (Lipinski definition) is 7. The standard InChI is InChI=1S/C15H23N5.C8H18N2/c1-12(2)7-14(9-17-4)19-11-20-15-10-18-6-5-13(15)8-16-3;1-9-5-8-10-6-3-2-4-7-10/h7-9,18-19H,3-6,10-11H2,1-2H3;9H,2-8H2,1H3/b13-8-,14-9+,20-15-;. The lowest BCUT2D eigenvalue weighted by molar-refractivity contribution is 0.231. The Hall–Kier alpha value is -2.09. The highest BCUT2D eigenvalue weighted by Gasteiger charge is 2.11. The molecule has 7 nitrogen and oxygen atoms in total. The first kappa shape index (κ1) is 25.9. The highest BCUT2D eigenvalue weighted by atomic mass is 15.1. The molecule has 2 heterocycles. The number of likely N-dealkylation sites (tertiary alicyclic amines) is 1. The minimum Gasteiger partial charge on any atom is -0.365 e. The molecule has 0 aliphatic carbocycles. The molecule has 2 saturated heterocycles. The van der Waals surface area contributed by atoms with Crippen molar-refractivity contribution in [1.82, 2.24) is 20.9 Å². The Labute approximate surface area is 183 Å². The second-order valence-corrected chi connectivity index (χ2v) is 7.70. The third-order valence-electron chi connectivity index (χ3n) is 4.84. The van der Waals surface area contributed by atoms with Crippen molar-refractivity contribution in [3.8, 4) is 0 Å². The molecule has 0 amide bonds. The van der Waals surface area contributed by atoms with Gasteiger partial charge in [-0.1, -0.05) is 12.0 Å². The van der Waals surface area contributed by atoms with Gasteiger partial charge in [0.05, 0.1) is 11.4 Å². The minimum absolute atomic E-state index is 0.497. The topological polar surface area (TPSA) is 76.4 Å². The van der Waals surface area contributed by atoms with E-state index in [-0.39, 0.29) is 0 Å². The molecule has 7 heteroatoms. The van der Waals surface area contributed by atoms with Crippen LogP contribution in [0.2, 0.25) is 0 Å². The van der Waals surface area contributed by atoms with E-state index in [0.717, 1.165) is 43.0 Å². The fraction of sp³-hybridized carbons (Fsp3) is 0.609. The van der Waals surface area contributed by atoms with Crippen LogP contribution in [-0.2, 0) is 0 Å². The Morgan fingerprint density at radius 3 is 2.57 bits per heavy atom. The van der Waals surface area contributed by atoms with Crippen LogP contribution >= 0.6 is 0 Å². The number of nitrogens with one attached hydrogen (secondary N) is 3. The summed E-state index contributed by atoms with van der Waals surface area (Å²) in [4.78, 5) is 14.7. The van der Waals surface area contributed by atoms with Gasteiger partial charge in [-0.15, -0.1) is 0 Å². The summed E-state index contributed by atoms with van der Waals surface area (Å²) in [5.74, 6) is 0. The molecule has 0 radical (unpaired) electrons. The van der Waals surface area contributed by atoms with Crippen molar-refractivity contribution in [2.45, 2.75) is 39.5 Å². The van der Waals surface area contributed by atoms with E-state index in [4.69, 9.17) is 0 Å². The van der Waals surface area contributed by atoms with Crippen LogP contribution in [0.3, 0.4) is 0 Å². The van der Waals surface area contributed by atoms with Gasteiger partial charge in [0.2, 0.25) is 0 Å². The Morgan fingerprint density at radius 2 is 1.93 bits per heavy atom. The van der Waals surface area contributed by atoms with Crippen molar-refractivity contribution in [2.75, 3.05) is 53.0 Å². The maximum atomic E-state index is 4.57. The van der Waals surface area contributed by atoms with Crippen molar-refractivity contribution in [3.63, 3.8) is 0 Å². The second kappa shape index (κ2) is 16.7. The van der Waals surface area contributed by atoms with Crippen LogP contribution in [0.5, 0.6) is 0 Å². The van der Waals surface area contributed by atoms with Gasteiger partial charge < -0.3 is 20.9 Å². The van der Waals surface area contributed by atoms with Gasteiger partial charge in [-0.2, -0.15) is 0 Å². The minimum atomic E-state index is 0.497. The number of nitrogens with zero attached hydrogens (tertiary/aromatic N) is 4. The molecule has 2 aliphatic rings. The van der Waals surface area contributed by atoms with Crippen LogP contribution in [0.15, 0.2) is 50.3 Å². The Balaban J connectivity index is 0.000000375. The number of likely N-dealkylation sites (N-methyl/N-ethyl adjacent to an activating group) is 1. The number of allylic oxidation sites excluding steroid dienone is 2. The first-order valence-corrected chi connectivity index (χ1v) is 10.9. The van der Waals surface area contributed by atoms with E-state index in [0.29, 0.717) is 6.67 Å². The number of rotatable bonds is 9. The largest absolute Gasteiger partial charge is 0.365 e. The summed E-state index contributed by atoms with van der Waals surface area (Å²) >= 11 is 0. The first-order valence-electron chi connectivity index (χ1n) is 10.9. The van der Waals surface area contributed by atoms with Crippen molar-refractivity contribution in [1.29, 1.82) is 0 Å². The fourth-order valence-electron chi connectivity index (χ4n) is 3.32. The van der Waals surface area contributed by atoms with E-state index in [1.165, 1.54) is 44.5 Å². The molecule has 0 unspecified atom stereocenters. The monoisotopic (exact) mass is 415 g/mol. The molecule has 3 N–H and O–H groups in total. The molecule has 0 aromatic carbocycles. The highest BCUT2D eigenvalue weighted by molar-refractivity contribution is 6.02. The fourth-order valence-corrected chi connectivity index (χ4v) is 3.32. The highest BCUT2D eigenvalue weighted by Crippen LogP contribution is 2.09. The SMILES string of the molecule is C=N/C=C1/CCNC/C1=N/CN/C(C=C(C)C)=C/N=C.CNCCN1CCCCC1. The third-order valence-corrected chi connectivity index (χ3v) is 4.84. The van der Waals surface area contributed by atoms with E-state index in [1.807, 2.05) is 27.0 Å². The maximum Gasteiger partial charge on any atom is 0.108 e. The summed E-state index contributed by atoms with van der Waals surface area (Å²) in [5, 5.41) is 9.70. The number of aliphatic imine (C=N–C) groups is 3. The predicted molar refractivity (Wildman–Crippen MR) is 132 cm³/mol. The molecule has 30 heavy (non-hydrogen) atoms. The third kappa shape index (κ3) is 11.8. The van der Waals surface area contributed by atoms with Gasteiger partial charge in [-0.25, -0.2) is 0 Å². The van der Waals surface area contributed by atoms with Gasteiger partial charge in [0.1, 0.15) is 6.67 Å². The summed E-state index contributed by atoms with van der Waals surface area (Å²) in [6, 6.07) is 0. The molecular formula is C23H41N7. The van der Waals surface area contributed by atoms with Crippen molar-refractivity contribution in [2.24, 2.45) is 15.0 Å². The van der Waals surface area contributed by atoms with E-state index in [2.05, 4.69) is 49.3 Å². The van der Waals surface area contributed by atoms with Crippen LogP contribution in [-0.4, -0.2) is 77.0 Å². The van der Waals surface area contributed by atoms with Gasteiger partial charge in [0.15, 0.2) is 0 Å². The number of hydrogen-bond donors (Lipinski definition) is 3. The molecule has 2 rings (SSSR count). The average molecular weight is 416 g/mol. The van der Waals surface area contributed by atoms with Gasteiger partial charge >= 0.3 is 0 Å². The molecule has 2 fully saturated rings. The Kier molecular flexibility index (Phi) is 14.4. The maximum absolute atomic E-state index is 4.57. The lowest BCUT2D eigenvalue weighted by Gasteiger charge is -2.25. The average Bonchev–Trinajstić information content (AvgIpc) is 2.74. The zero-order valence-electron chi connectivity index (χ0n) is 19.2. The summed E-state index contributed by atoms with van der Waals surface area (Å²) in [7, 11) is 2.02. The zero-order valence-corrected chi connectivity index (χ0v) is 19.2. The summed E-state index contributed by atoms with van der Waals surface area (Å²) < 4.78 is 0. The smallest absolute Gasteiger partial charge is 0.108 e. The molecule has 0 spiro atoms. The van der Waals surface area contributed by atoms with Crippen molar-refractivity contribution in [3.05, 3.63) is 35.3 Å². The lowest BCUT2D eigenvalue weighted by Crippen LogP contribution is -2.34. The van der Waals surface area contributed by atoms with E-state index < -0.39 is 0 Å².